The summed E-state index contributed by atoms with van der Waals surface area (Å²) in [6.45, 7) is 2.25. The molecule has 0 saturated carbocycles. The maximum atomic E-state index is 11.1. The predicted octanol–water partition coefficient (Wildman–Crippen LogP) is 2.34. The average molecular weight is 258 g/mol. The monoisotopic (exact) mass is 257 g/mol. The van der Waals surface area contributed by atoms with Crippen LogP contribution in [-0.4, -0.2) is 17.6 Å². The van der Waals surface area contributed by atoms with Crippen LogP contribution in [0.2, 0.25) is 0 Å². The zero-order valence-corrected chi connectivity index (χ0v) is 9.58. The first-order valence-corrected chi connectivity index (χ1v) is 5.27. The van der Waals surface area contributed by atoms with Crippen LogP contribution in [0.1, 0.15) is 18.9 Å². The molecule has 76 valence electrons. The predicted molar refractivity (Wildman–Crippen MR) is 56.9 cm³/mol. The highest BCUT2D eigenvalue weighted by Gasteiger charge is 2.02. The first-order valence-electron chi connectivity index (χ1n) is 4.48. The van der Waals surface area contributed by atoms with Gasteiger partial charge in [-0.05, 0) is 47.0 Å². The summed E-state index contributed by atoms with van der Waals surface area (Å²) in [4.78, 5) is 15.1. The molecule has 0 amide bonds. The second kappa shape index (κ2) is 5.75. The van der Waals surface area contributed by atoms with E-state index < -0.39 is 0 Å². The van der Waals surface area contributed by atoms with Crippen LogP contribution in [0.3, 0.4) is 0 Å². The largest absolute Gasteiger partial charge is 0.466 e. The zero-order valence-electron chi connectivity index (χ0n) is 8.00. The third-order valence-electron chi connectivity index (χ3n) is 1.71. The van der Waals surface area contributed by atoms with Gasteiger partial charge in [-0.3, -0.25) is 4.79 Å². The van der Waals surface area contributed by atoms with E-state index in [0.29, 0.717) is 19.4 Å². The van der Waals surface area contributed by atoms with Crippen molar-refractivity contribution in [1.82, 2.24) is 4.98 Å². The molecule has 3 nitrogen and oxygen atoms in total. The van der Waals surface area contributed by atoms with Gasteiger partial charge in [-0.25, -0.2) is 4.98 Å². The van der Waals surface area contributed by atoms with Gasteiger partial charge in [0, 0.05) is 12.6 Å². The lowest BCUT2D eigenvalue weighted by Gasteiger charge is -2.01. The fraction of sp³-hybridized carbons (Fsp3) is 0.400. The number of rotatable bonds is 4. The minimum Gasteiger partial charge on any atom is -0.466 e. The van der Waals surface area contributed by atoms with Crippen LogP contribution in [0.4, 0.5) is 0 Å². The van der Waals surface area contributed by atoms with E-state index in [1.165, 1.54) is 0 Å². The molecule has 0 aliphatic carbocycles. The van der Waals surface area contributed by atoms with Crippen LogP contribution in [0, 0.1) is 0 Å². The summed E-state index contributed by atoms with van der Waals surface area (Å²) in [5.74, 6) is -0.152. The molecule has 1 rings (SSSR count). The van der Waals surface area contributed by atoms with Crippen LogP contribution in [0.25, 0.3) is 0 Å². The Bertz CT molecular complexity index is 315. The summed E-state index contributed by atoms with van der Waals surface area (Å²) in [6.07, 6.45) is 2.83. The van der Waals surface area contributed by atoms with Gasteiger partial charge in [0.1, 0.15) is 4.60 Å². The molecule has 0 radical (unpaired) electrons. The van der Waals surface area contributed by atoms with Gasteiger partial charge in [0.25, 0.3) is 0 Å². The first-order chi connectivity index (χ1) is 6.72. The van der Waals surface area contributed by atoms with Gasteiger partial charge in [0.2, 0.25) is 0 Å². The Morgan fingerprint density at radius 1 is 1.64 bits per heavy atom. The minimum absolute atomic E-state index is 0.152. The van der Waals surface area contributed by atoms with E-state index in [0.717, 1.165) is 10.2 Å². The normalized spacial score (nSPS) is 9.86. The summed E-state index contributed by atoms with van der Waals surface area (Å²) < 4.78 is 5.62. The number of aromatic nitrogens is 1. The van der Waals surface area contributed by atoms with E-state index in [9.17, 15) is 4.79 Å². The highest BCUT2D eigenvalue weighted by Crippen LogP contribution is 2.09. The Hall–Kier alpha value is -0.900. The quantitative estimate of drug-likeness (QED) is 0.614. The van der Waals surface area contributed by atoms with Crippen LogP contribution in [0.5, 0.6) is 0 Å². The molecule has 0 aliphatic rings. The molecule has 0 N–H and O–H groups in total. The Balaban J connectivity index is 2.41. The molecule has 1 heterocycles. The number of hydrogen-bond donors (Lipinski definition) is 0. The molecule has 0 aromatic carbocycles. The van der Waals surface area contributed by atoms with Crippen molar-refractivity contribution < 1.29 is 9.53 Å². The van der Waals surface area contributed by atoms with Crippen LogP contribution >= 0.6 is 15.9 Å². The van der Waals surface area contributed by atoms with Gasteiger partial charge < -0.3 is 4.74 Å². The number of esters is 1. The van der Waals surface area contributed by atoms with Gasteiger partial charge in [-0.2, -0.15) is 0 Å². The second-order valence-corrected chi connectivity index (χ2v) is 3.60. The number of carbonyl (C=O) groups excluding carboxylic acids is 1. The number of carbonyl (C=O) groups is 1. The van der Waals surface area contributed by atoms with E-state index in [2.05, 4.69) is 20.9 Å². The molecule has 1 aromatic heterocycles. The van der Waals surface area contributed by atoms with Crippen molar-refractivity contribution in [3.63, 3.8) is 0 Å². The van der Waals surface area contributed by atoms with Gasteiger partial charge in [-0.1, -0.05) is 0 Å². The molecule has 14 heavy (non-hydrogen) atoms. The maximum Gasteiger partial charge on any atom is 0.306 e. The summed E-state index contributed by atoms with van der Waals surface area (Å²) in [6, 6.07) is 3.79. The fourth-order valence-electron chi connectivity index (χ4n) is 1.08. The third-order valence-corrected chi connectivity index (χ3v) is 2.15. The van der Waals surface area contributed by atoms with E-state index in [1.54, 1.807) is 13.1 Å². The highest BCUT2D eigenvalue weighted by atomic mass is 79.9. The van der Waals surface area contributed by atoms with E-state index in [1.807, 2.05) is 12.1 Å². The summed E-state index contributed by atoms with van der Waals surface area (Å²) in [7, 11) is 0. The first kappa shape index (κ1) is 11.2. The lowest BCUT2D eigenvalue weighted by Crippen LogP contribution is -2.05. The van der Waals surface area contributed by atoms with Gasteiger partial charge in [0.15, 0.2) is 0 Å². The van der Waals surface area contributed by atoms with Crippen molar-refractivity contribution in [3.05, 3.63) is 28.5 Å². The molecule has 0 spiro atoms. The molecular weight excluding hydrogens is 246 g/mol. The van der Waals surface area contributed by atoms with Crippen LogP contribution in [-0.2, 0) is 16.0 Å². The number of pyridine rings is 1. The van der Waals surface area contributed by atoms with Crippen molar-refractivity contribution in [3.8, 4) is 0 Å². The van der Waals surface area contributed by atoms with Crippen molar-refractivity contribution in [1.29, 1.82) is 0 Å². The Morgan fingerprint density at radius 3 is 3.07 bits per heavy atom. The topological polar surface area (TPSA) is 39.2 Å². The van der Waals surface area contributed by atoms with E-state index in [4.69, 9.17) is 4.74 Å². The van der Waals surface area contributed by atoms with Crippen molar-refractivity contribution in [2.45, 2.75) is 19.8 Å². The summed E-state index contributed by atoms with van der Waals surface area (Å²) in [5.41, 5.74) is 1.08. The summed E-state index contributed by atoms with van der Waals surface area (Å²) >= 11 is 3.27. The van der Waals surface area contributed by atoms with E-state index >= 15 is 0 Å². The molecule has 0 bridgehead atoms. The molecule has 0 saturated heterocycles. The third kappa shape index (κ3) is 3.87. The van der Waals surface area contributed by atoms with Crippen molar-refractivity contribution in [2.24, 2.45) is 0 Å². The molecule has 4 heteroatoms. The molecular formula is C10H12BrNO2. The number of halogens is 1. The molecule has 0 fully saturated rings. The van der Waals surface area contributed by atoms with Crippen LogP contribution in [0.15, 0.2) is 22.9 Å². The minimum atomic E-state index is -0.152. The van der Waals surface area contributed by atoms with Gasteiger partial charge in [0.05, 0.1) is 6.61 Å². The number of nitrogens with zero attached hydrogens (tertiary/aromatic N) is 1. The maximum absolute atomic E-state index is 11.1. The average Bonchev–Trinajstić information content (AvgIpc) is 2.15. The van der Waals surface area contributed by atoms with Crippen molar-refractivity contribution in [2.75, 3.05) is 6.61 Å². The zero-order chi connectivity index (χ0) is 10.4. The molecule has 0 unspecified atom stereocenters. The SMILES string of the molecule is CCOC(=O)CCc1ccnc(Br)c1. The number of aryl methyl sites for hydroxylation is 1. The van der Waals surface area contributed by atoms with Crippen LogP contribution < -0.4 is 0 Å². The van der Waals surface area contributed by atoms with Gasteiger partial charge in [-0.15, -0.1) is 0 Å². The highest BCUT2D eigenvalue weighted by molar-refractivity contribution is 9.10. The Labute approximate surface area is 91.6 Å². The Morgan fingerprint density at radius 2 is 2.43 bits per heavy atom. The Kier molecular flexibility index (Phi) is 4.59. The van der Waals surface area contributed by atoms with E-state index in [-0.39, 0.29) is 5.97 Å². The lowest BCUT2D eigenvalue weighted by molar-refractivity contribution is -0.143. The summed E-state index contributed by atoms with van der Waals surface area (Å²) in [5, 5.41) is 0. The number of hydrogen-bond acceptors (Lipinski definition) is 3. The second-order valence-electron chi connectivity index (χ2n) is 2.79. The smallest absolute Gasteiger partial charge is 0.306 e. The standard InChI is InChI=1S/C10H12BrNO2/c1-2-14-10(13)4-3-8-5-6-12-9(11)7-8/h5-7H,2-4H2,1H3. The number of ether oxygens (including phenoxy) is 1. The molecule has 0 aliphatic heterocycles. The van der Waals surface area contributed by atoms with Crippen molar-refractivity contribution >= 4 is 21.9 Å². The lowest BCUT2D eigenvalue weighted by atomic mass is 10.1. The van der Waals surface area contributed by atoms with Gasteiger partial charge >= 0.3 is 5.97 Å². The molecule has 0 atom stereocenters. The fourth-order valence-corrected chi connectivity index (χ4v) is 1.49. The molecule has 1 aromatic rings.